The van der Waals surface area contributed by atoms with Crippen LogP contribution in [0.25, 0.3) is 0 Å². The number of ether oxygens (including phenoxy) is 1. The van der Waals surface area contributed by atoms with Gasteiger partial charge in [-0.05, 0) is 43.2 Å². The Bertz CT molecular complexity index is 685. The van der Waals surface area contributed by atoms with Crippen molar-refractivity contribution >= 4 is 23.5 Å². The first-order valence-corrected chi connectivity index (χ1v) is 9.35. The normalized spacial score (nSPS) is 11.0. The summed E-state index contributed by atoms with van der Waals surface area (Å²) in [7, 11) is 0. The number of nitrogens with one attached hydrogen (secondary N) is 1. The highest BCUT2D eigenvalue weighted by Crippen LogP contribution is 2.20. The number of hydrazone groups is 1. The van der Waals surface area contributed by atoms with Crippen LogP contribution in [0, 0.1) is 6.92 Å². The van der Waals surface area contributed by atoms with Gasteiger partial charge in [-0.15, -0.1) is 0 Å². The third-order valence-corrected chi connectivity index (χ3v) is 4.40. The standard InChI is InChI=1S/C21H27ClN2O/c1-3-4-5-6-9-14-25-21-11-8-7-10-18(21)16-23-24-19-13-12-17(2)20(22)15-19/h7-8,10-13,15-16,24H,3-6,9,14H2,1-2H3/b23-16+. The average molecular weight is 359 g/mol. The van der Waals surface area contributed by atoms with Gasteiger partial charge in [0.2, 0.25) is 0 Å². The predicted molar refractivity (Wildman–Crippen MR) is 108 cm³/mol. The van der Waals surface area contributed by atoms with Crippen molar-refractivity contribution < 1.29 is 4.74 Å². The van der Waals surface area contributed by atoms with Crippen LogP contribution >= 0.6 is 11.6 Å². The summed E-state index contributed by atoms with van der Waals surface area (Å²) in [5, 5.41) is 5.03. The fourth-order valence-electron chi connectivity index (χ4n) is 2.45. The molecule has 0 unspecified atom stereocenters. The molecule has 2 aromatic carbocycles. The van der Waals surface area contributed by atoms with Crippen LogP contribution in [0.4, 0.5) is 5.69 Å². The molecule has 0 bridgehead atoms. The summed E-state index contributed by atoms with van der Waals surface area (Å²) >= 11 is 6.13. The van der Waals surface area contributed by atoms with Crippen LogP contribution in [0.3, 0.4) is 0 Å². The number of nitrogens with zero attached hydrogens (tertiary/aromatic N) is 1. The number of para-hydroxylation sites is 1. The molecule has 0 amide bonds. The van der Waals surface area contributed by atoms with Crippen molar-refractivity contribution in [2.24, 2.45) is 5.10 Å². The summed E-state index contributed by atoms with van der Waals surface area (Å²) in [6, 6.07) is 13.7. The van der Waals surface area contributed by atoms with Gasteiger partial charge in [-0.1, -0.05) is 62.4 Å². The van der Waals surface area contributed by atoms with Crippen LogP contribution in [0.5, 0.6) is 5.75 Å². The van der Waals surface area contributed by atoms with Gasteiger partial charge in [0.1, 0.15) is 5.75 Å². The van der Waals surface area contributed by atoms with Gasteiger partial charge in [-0.2, -0.15) is 5.10 Å². The molecule has 2 rings (SSSR count). The summed E-state index contributed by atoms with van der Waals surface area (Å²) < 4.78 is 5.91. The summed E-state index contributed by atoms with van der Waals surface area (Å²) in [6.07, 6.45) is 7.94. The van der Waals surface area contributed by atoms with Crippen molar-refractivity contribution in [1.29, 1.82) is 0 Å². The Morgan fingerprint density at radius 2 is 1.88 bits per heavy atom. The molecular weight excluding hydrogens is 332 g/mol. The van der Waals surface area contributed by atoms with Gasteiger partial charge in [0.05, 0.1) is 18.5 Å². The monoisotopic (exact) mass is 358 g/mol. The number of halogens is 1. The van der Waals surface area contributed by atoms with Gasteiger partial charge in [0.25, 0.3) is 0 Å². The molecule has 0 saturated carbocycles. The van der Waals surface area contributed by atoms with Crippen molar-refractivity contribution in [1.82, 2.24) is 0 Å². The Hall–Kier alpha value is -2.00. The van der Waals surface area contributed by atoms with E-state index in [9.17, 15) is 0 Å². The number of benzene rings is 2. The van der Waals surface area contributed by atoms with E-state index in [-0.39, 0.29) is 0 Å². The van der Waals surface area contributed by atoms with E-state index in [1.54, 1.807) is 6.21 Å². The molecule has 134 valence electrons. The van der Waals surface area contributed by atoms with Crippen LogP contribution in [0.2, 0.25) is 5.02 Å². The third kappa shape index (κ3) is 6.79. The second-order valence-electron chi connectivity index (χ2n) is 6.13. The number of hydrogen-bond donors (Lipinski definition) is 1. The van der Waals surface area contributed by atoms with E-state index in [1.165, 1.54) is 25.7 Å². The highest BCUT2D eigenvalue weighted by Gasteiger charge is 2.01. The van der Waals surface area contributed by atoms with Crippen molar-refractivity contribution in [2.45, 2.75) is 46.0 Å². The zero-order chi connectivity index (χ0) is 17.9. The van der Waals surface area contributed by atoms with Crippen LogP contribution in [-0.2, 0) is 0 Å². The summed E-state index contributed by atoms with van der Waals surface area (Å²) in [5.74, 6) is 0.866. The second-order valence-corrected chi connectivity index (χ2v) is 6.54. The van der Waals surface area contributed by atoms with Gasteiger partial charge >= 0.3 is 0 Å². The third-order valence-electron chi connectivity index (χ3n) is 3.99. The van der Waals surface area contributed by atoms with Gasteiger partial charge in [-0.3, -0.25) is 5.43 Å². The molecule has 0 fully saturated rings. The van der Waals surface area contributed by atoms with Crippen molar-refractivity contribution in [3.63, 3.8) is 0 Å². The molecule has 0 aliphatic carbocycles. The molecular formula is C21H27ClN2O. The molecule has 2 aromatic rings. The maximum atomic E-state index is 6.13. The van der Waals surface area contributed by atoms with Gasteiger partial charge in [-0.25, -0.2) is 0 Å². The van der Waals surface area contributed by atoms with E-state index in [2.05, 4.69) is 17.5 Å². The Morgan fingerprint density at radius 1 is 1.08 bits per heavy atom. The molecule has 0 radical (unpaired) electrons. The lowest BCUT2D eigenvalue weighted by Gasteiger charge is -2.09. The molecule has 3 nitrogen and oxygen atoms in total. The number of rotatable bonds is 10. The van der Waals surface area contributed by atoms with Crippen molar-refractivity contribution in [3.8, 4) is 5.75 Å². The Kier molecular flexibility index (Phi) is 8.33. The maximum absolute atomic E-state index is 6.13. The maximum Gasteiger partial charge on any atom is 0.128 e. The van der Waals surface area contributed by atoms with E-state index in [0.717, 1.165) is 40.6 Å². The SMILES string of the molecule is CCCCCCCOc1ccccc1/C=N/Nc1ccc(C)c(Cl)c1. The average Bonchev–Trinajstić information content (AvgIpc) is 2.62. The lowest BCUT2D eigenvalue weighted by atomic mass is 10.2. The molecule has 1 N–H and O–H groups in total. The molecule has 0 aliphatic rings. The molecule has 0 heterocycles. The Morgan fingerprint density at radius 3 is 2.68 bits per heavy atom. The molecule has 0 saturated heterocycles. The lowest BCUT2D eigenvalue weighted by Crippen LogP contribution is -2.00. The fourth-order valence-corrected chi connectivity index (χ4v) is 2.63. The zero-order valence-electron chi connectivity index (χ0n) is 15.1. The fraction of sp³-hybridized carbons (Fsp3) is 0.381. The van der Waals surface area contributed by atoms with E-state index >= 15 is 0 Å². The first kappa shape index (κ1) is 19.3. The van der Waals surface area contributed by atoms with Crippen LogP contribution in [0.15, 0.2) is 47.6 Å². The number of anilines is 1. The van der Waals surface area contributed by atoms with E-state index in [4.69, 9.17) is 16.3 Å². The van der Waals surface area contributed by atoms with Crippen LogP contribution in [0.1, 0.15) is 50.2 Å². The van der Waals surface area contributed by atoms with E-state index in [1.807, 2.05) is 49.4 Å². The van der Waals surface area contributed by atoms with Crippen LogP contribution in [-0.4, -0.2) is 12.8 Å². The second kappa shape index (κ2) is 10.8. The summed E-state index contributed by atoms with van der Waals surface area (Å²) in [6.45, 7) is 4.95. The van der Waals surface area contributed by atoms with Gasteiger partial charge < -0.3 is 4.74 Å². The quantitative estimate of drug-likeness (QED) is 0.301. The van der Waals surface area contributed by atoms with Crippen molar-refractivity contribution in [2.75, 3.05) is 12.0 Å². The zero-order valence-corrected chi connectivity index (χ0v) is 15.9. The minimum atomic E-state index is 0.729. The molecule has 25 heavy (non-hydrogen) atoms. The van der Waals surface area contributed by atoms with Crippen molar-refractivity contribution in [3.05, 3.63) is 58.6 Å². The number of unbranched alkanes of at least 4 members (excludes halogenated alkanes) is 4. The Balaban J connectivity index is 1.87. The molecule has 4 heteroatoms. The first-order valence-electron chi connectivity index (χ1n) is 8.97. The number of aryl methyl sites for hydroxylation is 1. The number of hydrogen-bond acceptors (Lipinski definition) is 3. The molecule has 0 aliphatic heterocycles. The lowest BCUT2D eigenvalue weighted by molar-refractivity contribution is 0.304. The van der Waals surface area contributed by atoms with Crippen LogP contribution < -0.4 is 10.2 Å². The molecule has 0 spiro atoms. The first-order chi connectivity index (χ1) is 12.2. The minimum Gasteiger partial charge on any atom is -0.493 e. The van der Waals surface area contributed by atoms with E-state index < -0.39 is 0 Å². The van der Waals surface area contributed by atoms with E-state index in [0.29, 0.717) is 0 Å². The smallest absolute Gasteiger partial charge is 0.128 e. The van der Waals surface area contributed by atoms with Gasteiger partial charge in [0.15, 0.2) is 0 Å². The predicted octanol–water partition coefficient (Wildman–Crippen LogP) is 6.44. The topological polar surface area (TPSA) is 33.6 Å². The highest BCUT2D eigenvalue weighted by atomic mass is 35.5. The highest BCUT2D eigenvalue weighted by molar-refractivity contribution is 6.31. The van der Waals surface area contributed by atoms with Gasteiger partial charge in [0, 0.05) is 10.6 Å². The molecule has 0 atom stereocenters. The summed E-state index contributed by atoms with van der Waals surface area (Å²) in [4.78, 5) is 0. The summed E-state index contributed by atoms with van der Waals surface area (Å²) in [5.41, 5.74) is 5.88. The Labute approximate surface area is 156 Å². The minimum absolute atomic E-state index is 0.729. The largest absolute Gasteiger partial charge is 0.493 e. The molecule has 0 aromatic heterocycles.